The average molecular weight is 412 g/mol. The second kappa shape index (κ2) is 10.0. The zero-order valence-electron chi connectivity index (χ0n) is 17.8. The van der Waals surface area contributed by atoms with Crippen LogP contribution in [-0.4, -0.2) is 44.3 Å². The van der Waals surface area contributed by atoms with Crippen LogP contribution in [0.15, 0.2) is 48.5 Å². The summed E-state index contributed by atoms with van der Waals surface area (Å²) in [6.07, 6.45) is 0.278. The van der Waals surface area contributed by atoms with E-state index >= 15 is 0 Å². The maximum atomic E-state index is 12.8. The van der Waals surface area contributed by atoms with Gasteiger partial charge in [-0.15, -0.1) is 0 Å². The monoisotopic (exact) mass is 411 g/mol. The molecule has 1 aliphatic heterocycles. The number of anilines is 2. The van der Waals surface area contributed by atoms with Gasteiger partial charge >= 0.3 is 6.03 Å². The van der Waals surface area contributed by atoms with Gasteiger partial charge in [-0.1, -0.05) is 0 Å². The molecule has 160 valence electrons. The van der Waals surface area contributed by atoms with Crippen LogP contribution in [-0.2, 0) is 4.79 Å². The zero-order valence-corrected chi connectivity index (χ0v) is 17.8. The van der Waals surface area contributed by atoms with Crippen LogP contribution >= 0.6 is 0 Å². The Balaban J connectivity index is 1.62. The largest absolute Gasteiger partial charge is 0.494 e. The van der Waals surface area contributed by atoms with Crippen LogP contribution < -0.4 is 24.6 Å². The van der Waals surface area contributed by atoms with Crippen molar-refractivity contribution in [3.05, 3.63) is 48.5 Å². The lowest BCUT2D eigenvalue weighted by atomic mass is 10.2. The summed E-state index contributed by atoms with van der Waals surface area (Å²) in [5.41, 5.74) is 1.59. The number of rotatable bonds is 8. The third-order valence-electron chi connectivity index (χ3n) is 4.93. The van der Waals surface area contributed by atoms with Crippen LogP contribution in [0.2, 0.25) is 0 Å². The van der Waals surface area contributed by atoms with E-state index in [1.807, 2.05) is 69.3 Å². The second-order valence-electron chi connectivity index (χ2n) is 6.95. The van der Waals surface area contributed by atoms with E-state index in [-0.39, 0.29) is 24.4 Å². The van der Waals surface area contributed by atoms with E-state index in [0.29, 0.717) is 26.3 Å². The van der Waals surface area contributed by atoms with Gasteiger partial charge in [0.05, 0.1) is 19.3 Å². The molecule has 1 aliphatic rings. The van der Waals surface area contributed by atoms with Gasteiger partial charge in [0.2, 0.25) is 5.91 Å². The molecule has 1 atom stereocenters. The molecule has 1 N–H and O–H groups in total. The molecule has 3 rings (SSSR count). The molecule has 30 heavy (non-hydrogen) atoms. The molecule has 0 radical (unpaired) electrons. The van der Waals surface area contributed by atoms with Crippen LogP contribution in [0.4, 0.5) is 16.2 Å². The summed E-state index contributed by atoms with van der Waals surface area (Å²) in [5.74, 6) is 1.53. The van der Waals surface area contributed by atoms with Crippen LogP contribution in [0.5, 0.6) is 11.5 Å². The molecule has 2 aromatic rings. The summed E-state index contributed by atoms with van der Waals surface area (Å²) in [5, 5.41) is 3.00. The minimum atomic E-state index is -0.242. The molecular formula is C23H29N3O4. The van der Waals surface area contributed by atoms with Gasteiger partial charge in [-0.05, 0) is 69.3 Å². The van der Waals surface area contributed by atoms with Crippen molar-refractivity contribution in [2.45, 2.75) is 33.2 Å². The predicted molar refractivity (Wildman–Crippen MR) is 118 cm³/mol. The number of ether oxygens (including phenoxy) is 2. The first-order valence-electron chi connectivity index (χ1n) is 10.4. The fourth-order valence-electron chi connectivity index (χ4n) is 3.53. The van der Waals surface area contributed by atoms with Crippen LogP contribution in [0.3, 0.4) is 0 Å². The molecule has 1 saturated heterocycles. The number of benzene rings is 2. The minimum Gasteiger partial charge on any atom is -0.494 e. The van der Waals surface area contributed by atoms with Gasteiger partial charge in [-0.3, -0.25) is 9.69 Å². The summed E-state index contributed by atoms with van der Waals surface area (Å²) in [4.78, 5) is 28.7. The van der Waals surface area contributed by atoms with Crippen molar-refractivity contribution in [2.75, 3.05) is 36.1 Å². The van der Waals surface area contributed by atoms with Crippen molar-refractivity contribution in [1.29, 1.82) is 0 Å². The summed E-state index contributed by atoms with van der Waals surface area (Å²) in [7, 11) is 0. The Morgan fingerprint density at radius 3 is 2.10 bits per heavy atom. The number of carbonyl (C=O) groups is 2. The topological polar surface area (TPSA) is 71.1 Å². The number of urea groups is 1. The standard InChI is InChI=1S/C23H29N3O4/c1-4-25(18-7-11-20(12-8-18)29-5-2)23(28)24-17-15-22(27)26(16-17)19-9-13-21(14-10-19)30-6-3/h7-14,17H,4-6,15-16H2,1-3H3,(H,24,28)/t17-/m1/s1. The smallest absolute Gasteiger partial charge is 0.322 e. The lowest BCUT2D eigenvalue weighted by molar-refractivity contribution is -0.117. The highest BCUT2D eigenvalue weighted by atomic mass is 16.5. The first-order chi connectivity index (χ1) is 14.5. The summed E-state index contributed by atoms with van der Waals surface area (Å²) < 4.78 is 10.9. The molecule has 0 aromatic heterocycles. The van der Waals surface area contributed by atoms with Gasteiger partial charge in [-0.2, -0.15) is 0 Å². The molecule has 3 amide bonds. The van der Waals surface area contributed by atoms with Crippen molar-refractivity contribution < 1.29 is 19.1 Å². The normalized spacial score (nSPS) is 15.8. The predicted octanol–water partition coefficient (Wildman–Crippen LogP) is 3.83. The highest BCUT2D eigenvalue weighted by Crippen LogP contribution is 2.25. The molecule has 0 unspecified atom stereocenters. The van der Waals surface area contributed by atoms with Crippen molar-refractivity contribution in [1.82, 2.24) is 5.32 Å². The van der Waals surface area contributed by atoms with Gasteiger partial charge in [0.25, 0.3) is 0 Å². The van der Waals surface area contributed by atoms with Gasteiger partial charge in [0.1, 0.15) is 11.5 Å². The van der Waals surface area contributed by atoms with Crippen LogP contribution in [0.1, 0.15) is 27.2 Å². The van der Waals surface area contributed by atoms with Gasteiger partial charge in [-0.25, -0.2) is 4.79 Å². The maximum absolute atomic E-state index is 12.8. The van der Waals surface area contributed by atoms with Crippen molar-refractivity contribution in [3.63, 3.8) is 0 Å². The molecule has 0 spiro atoms. The SMILES string of the molecule is CCOc1ccc(N2C[C@H](NC(=O)N(CC)c3ccc(OCC)cc3)CC2=O)cc1. The molecule has 7 heteroatoms. The highest BCUT2D eigenvalue weighted by molar-refractivity contribution is 5.98. The highest BCUT2D eigenvalue weighted by Gasteiger charge is 2.32. The molecule has 0 aliphatic carbocycles. The number of carbonyl (C=O) groups excluding carboxylic acids is 2. The van der Waals surface area contributed by atoms with E-state index in [0.717, 1.165) is 22.9 Å². The minimum absolute atomic E-state index is 0.00595. The van der Waals surface area contributed by atoms with E-state index in [9.17, 15) is 9.59 Å². The van der Waals surface area contributed by atoms with Crippen molar-refractivity contribution in [2.24, 2.45) is 0 Å². The van der Waals surface area contributed by atoms with Crippen LogP contribution in [0, 0.1) is 0 Å². The second-order valence-corrected chi connectivity index (χ2v) is 6.95. The van der Waals surface area contributed by atoms with Crippen LogP contribution in [0.25, 0.3) is 0 Å². The van der Waals surface area contributed by atoms with Gasteiger partial charge in [0, 0.05) is 30.9 Å². The Labute approximate surface area is 177 Å². The van der Waals surface area contributed by atoms with Crippen molar-refractivity contribution >= 4 is 23.3 Å². The Morgan fingerprint density at radius 1 is 1.00 bits per heavy atom. The third-order valence-corrected chi connectivity index (χ3v) is 4.93. The first-order valence-corrected chi connectivity index (χ1v) is 10.4. The number of hydrogen-bond donors (Lipinski definition) is 1. The van der Waals surface area contributed by atoms with E-state index in [4.69, 9.17) is 9.47 Å². The fourth-order valence-corrected chi connectivity index (χ4v) is 3.53. The Hall–Kier alpha value is -3.22. The zero-order chi connectivity index (χ0) is 21.5. The number of nitrogens with zero attached hydrogens (tertiary/aromatic N) is 2. The molecule has 1 fully saturated rings. The lowest BCUT2D eigenvalue weighted by Gasteiger charge is -2.24. The number of amides is 3. The lowest BCUT2D eigenvalue weighted by Crippen LogP contribution is -2.46. The average Bonchev–Trinajstić information content (AvgIpc) is 3.11. The Morgan fingerprint density at radius 2 is 1.57 bits per heavy atom. The molecule has 1 heterocycles. The maximum Gasteiger partial charge on any atom is 0.322 e. The summed E-state index contributed by atoms with van der Waals surface area (Å²) >= 11 is 0. The van der Waals surface area contributed by atoms with E-state index < -0.39 is 0 Å². The summed E-state index contributed by atoms with van der Waals surface area (Å²) in [6.45, 7) is 7.93. The van der Waals surface area contributed by atoms with Gasteiger partial charge < -0.3 is 19.7 Å². The molecule has 0 bridgehead atoms. The Kier molecular flexibility index (Phi) is 7.17. The van der Waals surface area contributed by atoms with E-state index in [1.165, 1.54) is 0 Å². The first kappa shape index (κ1) is 21.5. The third kappa shape index (κ3) is 5.03. The quantitative estimate of drug-likeness (QED) is 0.717. The molecule has 7 nitrogen and oxygen atoms in total. The van der Waals surface area contributed by atoms with Crippen molar-refractivity contribution in [3.8, 4) is 11.5 Å². The summed E-state index contributed by atoms with van der Waals surface area (Å²) in [6, 6.07) is 14.4. The molecule has 2 aromatic carbocycles. The fraction of sp³-hybridized carbons (Fsp3) is 0.391. The molecular weight excluding hydrogens is 382 g/mol. The van der Waals surface area contributed by atoms with Gasteiger partial charge in [0.15, 0.2) is 0 Å². The number of nitrogens with one attached hydrogen (secondary N) is 1. The van der Waals surface area contributed by atoms with E-state index in [2.05, 4.69) is 5.32 Å². The Bertz CT molecular complexity index is 852. The molecule has 0 saturated carbocycles. The van der Waals surface area contributed by atoms with E-state index in [1.54, 1.807) is 9.80 Å². The number of hydrogen-bond acceptors (Lipinski definition) is 4.